The second-order valence-corrected chi connectivity index (χ2v) is 9.11. The number of hydrogen-bond donors (Lipinski definition) is 1. The Kier molecular flexibility index (Phi) is 5.91. The van der Waals surface area contributed by atoms with Crippen LogP contribution in [0.1, 0.15) is 24.2 Å². The molecule has 2 aromatic carbocycles. The van der Waals surface area contributed by atoms with Gasteiger partial charge in [0.1, 0.15) is 5.82 Å². The molecule has 0 saturated carbocycles. The van der Waals surface area contributed by atoms with E-state index in [0.29, 0.717) is 25.1 Å². The zero-order chi connectivity index (χ0) is 23.6. The highest BCUT2D eigenvalue weighted by Crippen LogP contribution is 2.26. The molecule has 4 heterocycles. The summed E-state index contributed by atoms with van der Waals surface area (Å²) < 4.78 is 7.77. The van der Waals surface area contributed by atoms with Crippen molar-refractivity contribution in [2.45, 2.75) is 26.3 Å². The van der Waals surface area contributed by atoms with E-state index in [1.807, 2.05) is 6.07 Å². The van der Waals surface area contributed by atoms with Crippen molar-refractivity contribution in [3.63, 3.8) is 0 Å². The fourth-order valence-corrected chi connectivity index (χ4v) is 4.80. The first-order valence-electron chi connectivity index (χ1n) is 12.3. The molecule has 0 radical (unpaired) electrons. The Morgan fingerprint density at radius 1 is 0.829 bits per heavy atom. The molecule has 1 N–H and O–H groups in total. The maximum atomic E-state index is 5.52. The zero-order valence-corrected chi connectivity index (χ0v) is 20.0. The molecule has 6 rings (SSSR count). The fraction of sp³-hybridized carbons (Fsp3) is 0.385. The Hall–Kier alpha value is -3.72. The number of nitrogens with one attached hydrogen (secondary N) is 1. The molecule has 0 atom stereocenters. The van der Waals surface area contributed by atoms with Crippen molar-refractivity contribution in [2.24, 2.45) is 0 Å². The van der Waals surface area contributed by atoms with Gasteiger partial charge < -0.3 is 24.4 Å². The maximum absolute atomic E-state index is 5.52. The minimum Gasteiger partial charge on any atom is -0.378 e. The van der Waals surface area contributed by atoms with Crippen LogP contribution in [-0.4, -0.2) is 63.9 Å². The van der Waals surface area contributed by atoms with Crippen LogP contribution in [0, 0.1) is 6.92 Å². The largest absolute Gasteiger partial charge is 0.378 e. The van der Waals surface area contributed by atoms with E-state index in [-0.39, 0.29) is 0 Å². The normalized spacial score (nSPS) is 16.3. The third-order valence-electron chi connectivity index (χ3n) is 6.67. The first kappa shape index (κ1) is 21.8. The number of benzene rings is 2. The predicted molar refractivity (Wildman–Crippen MR) is 138 cm³/mol. The SMILES string of the molecule is Cc1nc2cc(Nc3nc(N4CCCC4)nc(N4CCOCC4)n3)ccc2n1Cc1ccccc1. The molecule has 2 aliphatic heterocycles. The standard InChI is InChI=1S/C26H30N8O/c1-19-27-22-17-21(9-10-23(22)34(19)18-20-7-3-2-4-8-20)28-24-29-25(32-11-5-6-12-32)31-26(30-24)33-13-15-35-16-14-33/h2-4,7-10,17H,5-6,11-16,18H2,1H3,(H,28,29,30,31). The average Bonchev–Trinajstić information content (AvgIpc) is 3.53. The summed E-state index contributed by atoms with van der Waals surface area (Å²) in [5, 5.41) is 3.42. The van der Waals surface area contributed by atoms with E-state index in [9.17, 15) is 0 Å². The minimum atomic E-state index is 0.559. The van der Waals surface area contributed by atoms with Crippen LogP contribution in [0.15, 0.2) is 48.5 Å². The van der Waals surface area contributed by atoms with Crippen LogP contribution in [0.4, 0.5) is 23.5 Å². The number of rotatable bonds is 6. The van der Waals surface area contributed by atoms with Gasteiger partial charge in [0.15, 0.2) is 0 Å². The van der Waals surface area contributed by atoms with Gasteiger partial charge in [-0.05, 0) is 43.5 Å². The lowest BCUT2D eigenvalue weighted by Gasteiger charge is -2.28. The van der Waals surface area contributed by atoms with Gasteiger partial charge >= 0.3 is 0 Å². The van der Waals surface area contributed by atoms with Gasteiger partial charge in [-0.3, -0.25) is 0 Å². The van der Waals surface area contributed by atoms with Crippen LogP contribution in [0.25, 0.3) is 11.0 Å². The molecule has 9 nitrogen and oxygen atoms in total. The van der Waals surface area contributed by atoms with Gasteiger partial charge in [0.2, 0.25) is 17.8 Å². The highest BCUT2D eigenvalue weighted by Gasteiger charge is 2.21. The molecule has 2 fully saturated rings. The molecule has 4 aromatic rings. The Bertz CT molecular complexity index is 1310. The number of ether oxygens (including phenoxy) is 1. The first-order chi connectivity index (χ1) is 17.2. The molecule has 2 aromatic heterocycles. The van der Waals surface area contributed by atoms with Crippen LogP contribution in [0.5, 0.6) is 0 Å². The van der Waals surface area contributed by atoms with Gasteiger partial charge in [-0.1, -0.05) is 30.3 Å². The van der Waals surface area contributed by atoms with Gasteiger partial charge in [-0.25, -0.2) is 4.98 Å². The van der Waals surface area contributed by atoms with E-state index in [4.69, 9.17) is 24.7 Å². The second kappa shape index (κ2) is 9.50. The summed E-state index contributed by atoms with van der Waals surface area (Å²) in [6, 6.07) is 16.7. The van der Waals surface area contributed by atoms with E-state index < -0.39 is 0 Å². The number of aryl methyl sites for hydroxylation is 1. The fourth-order valence-electron chi connectivity index (χ4n) is 4.80. The number of hydrogen-bond acceptors (Lipinski definition) is 8. The minimum absolute atomic E-state index is 0.559. The molecule has 9 heteroatoms. The average molecular weight is 471 g/mol. The molecule has 2 aliphatic rings. The third kappa shape index (κ3) is 4.64. The van der Waals surface area contributed by atoms with E-state index in [1.165, 1.54) is 18.4 Å². The van der Waals surface area contributed by atoms with E-state index >= 15 is 0 Å². The molecule has 2 saturated heterocycles. The van der Waals surface area contributed by atoms with Crippen LogP contribution in [0.2, 0.25) is 0 Å². The molecule has 0 amide bonds. The number of imidazole rings is 1. The lowest BCUT2D eigenvalue weighted by atomic mass is 10.2. The summed E-state index contributed by atoms with van der Waals surface area (Å²) in [6.45, 7) is 7.76. The lowest BCUT2D eigenvalue weighted by molar-refractivity contribution is 0.122. The summed E-state index contributed by atoms with van der Waals surface area (Å²) >= 11 is 0. The second-order valence-electron chi connectivity index (χ2n) is 9.11. The third-order valence-corrected chi connectivity index (χ3v) is 6.67. The Morgan fingerprint density at radius 3 is 2.29 bits per heavy atom. The number of anilines is 4. The summed E-state index contributed by atoms with van der Waals surface area (Å²) in [4.78, 5) is 23.6. The van der Waals surface area contributed by atoms with Crippen molar-refractivity contribution in [3.05, 3.63) is 59.9 Å². The number of fused-ring (bicyclic) bond motifs is 1. The topological polar surface area (TPSA) is 84.2 Å². The van der Waals surface area contributed by atoms with Crippen molar-refractivity contribution in [2.75, 3.05) is 54.5 Å². The number of morpholine rings is 1. The predicted octanol–water partition coefficient (Wildman–Crippen LogP) is 3.76. The van der Waals surface area contributed by atoms with Crippen LogP contribution >= 0.6 is 0 Å². The molecule has 180 valence electrons. The molecule has 35 heavy (non-hydrogen) atoms. The van der Waals surface area contributed by atoms with Crippen molar-refractivity contribution < 1.29 is 4.74 Å². The maximum Gasteiger partial charge on any atom is 0.233 e. The smallest absolute Gasteiger partial charge is 0.233 e. The summed E-state index contributed by atoms with van der Waals surface area (Å²) in [5.74, 6) is 3.00. The number of aromatic nitrogens is 5. The quantitative estimate of drug-likeness (QED) is 0.456. The molecule has 0 spiro atoms. The van der Waals surface area contributed by atoms with Crippen molar-refractivity contribution >= 4 is 34.6 Å². The summed E-state index contributed by atoms with van der Waals surface area (Å²) in [6.07, 6.45) is 2.34. The van der Waals surface area contributed by atoms with Gasteiger partial charge in [0.05, 0.1) is 24.2 Å². The first-order valence-corrected chi connectivity index (χ1v) is 12.3. The van der Waals surface area contributed by atoms with E-state index in [1.54, 1.807) is 0 Å². The van der Waals surface area contributed by atoms with Gasteiger partial charge in [-0.15, -0.1) is 0 Å². The molecule has 0 bridgehead atoms. The zero-order valence-electron chi connectivity index (χ0n) is 20.0. The Labute approximate surface area is 204 Å². The van der Waals surface area contributed by atoms with Gasteiger partial charge in [0.25, 0.3) is 0 Å². The molecule has 0 aliphatic carbocycles. The molecule has 0 unspecified atom stereocenters. The Morgan fingerprint density at radius 2 is 1.54 bits per heavy atom. The van der Waals surface area contributed by atoms with Crippen molar-refractivity contribution in [1.29, 1.82) is 0 Å². The monoisotopic (exact) mass is 470 g/mol. The molecular weight excluding hydrogens is 440 g/mol. The highest BCUT2D eigenvalue weighted by molar-refractivity contribution is 5.81. The van der Waals surface area contributed by atoms with Crippen molar-refractivity contribution in [3.8, 4) is 0 Å². The van der Waals surface area contributed by atoms with Crippen LogP contribution < -0.4 is 15.1 Å². The van der Waals surface area contributed by atoms with E-state index in [2.05, 4.69) is 69.1 Å². The Balaban J connectivity index is 1.30. The highest BCUT2D eigenvalue weighted by atomic mass is 16.5. The number of nitrogens with zero attached hydrogens (tertiary/aromatic N) is 7. The molecular formula is C26H30N8O. The van der Waals surface area contributed by atoms with Crippen LogP contribution in [-0.2, 0) is 11.3 Å². The lowest BCUT2D eigenvalue weighted by Crippen LogP contribution is -2.38. The van der Waals surface area contributed by atoms with Crippen LogP contribution in [0.3, 0.4) is 0 Å². The van der Waals surface area contributed by atoms with Gasteiger partial charge in [-0.2, -0.15) is 15.0 Å². The van der Waals surface area contributed by atoms with Crippen molar-refractivity contribution in [1.82, 2.24) is 24.5 Å². The summed E-state index contributed by atoms with van der Waals surface area (Å²) in [5.41, 5.74) is 4.23. The van der Waals surface area contributed by atoms with E-state index in [0.717, 1.165) is 61.2 Å². The summed E-state index contributed by atoms with van der Waals surface area (Å²) in [7, 11) is 0. The van der Waals surface area contributed by atoms with Gasteiger partial charge in [0, 0.05) is 38.4 Å².